The molecule has 0 atom stereocenters. The van der Waals surface area contributed by atoms with Crippen molar-refractivity contribution in [2.75, 3.05) is 18.0 Å². The first-order valence-corrected chi connectivity index (χ1v) is 8.18. The van der Waals surface area contributed by atoms with E-state index in [0.717, 1.165) is 0 Å². The molecular weight excluding hydrogens is 321 g/mol. The summed E-state index contributed by atoms with van der Waals surface area (Å²) in [6.45, 7) is 2.89. The van der Waals surface area contributed by atoms with Crippen LogP contribution in [-0.4, -0.2) is 38.9 Å². The van der Waals surface area contributed by atoms with Crippen LogP contribution in [0.4, 0.5) is 10.3 Å². The highest BCUT2D eigenvalue weighted by atomic mass is 19.1. The predicted octanol–water partition coefficient (Wildman–Crippen LogP) is 1.86. The molecule has 0 radical (unpaired) electrons. The van der Waals surface area contributed by atoms with E-state index in [4.69, 9.17) is 5.11 Å². The van der Waals surface area contributed by atoms with Gasteiger partial charge in [0.25, 0.3) is 0 Å². The first-order chi connectivity index (χ1) is 12.0. The maximum Gasteiger partial charge on any atom is 0.225 e. The van der Waals surface area contributed by atoms with Crippen molar-refractivity contribution in [1.82, 2.24) is 9.97 Å². The summed E-state index contributed by atoms with van der Waals surface area (Å²) in [6, 6.07) is 4.74. The third-order valence-corrected chi connectivity index (χ3v) is 4.35. The monoisotopic (exact) mass is 341 g/mol. The summed E-state index contributed by atoms with van der Waals surface area (Å²) in [5, 5.41) is 19.1. The molecule has 2 aromatic rings. The van der Waals surface area contributed by atoms with Crippen molar-refractivity contribution in [3.8, 4) is 11.8 Å². The minimum absolute atomic E-state index is 0.222. The van der Waals surface area contributed by atoms with Crippen molar-refractivity contribution >= 4 is 5.95 Å². The van der Waals surface area contributed by atoms with Crippen LogP contribution in [-0.2, 0) is 6.61 Å². The molecule has 2 heterocycles. The zero-order valence-corrected chi connectivity index (χ0v) is 14.0. The second-order valence-corrected chi connectivity index (χ2v) is 6.44. The molecule has 2 N–H and O–H groups in total. The van der Waals surface area contributed by atoms with Gasteiger partial charge in [-0.1, -0.05) is 24.0 Å². The van der Waals surface area contributed by atoms with Crippen LogP contribution >= 0.6 is 0 Å². The van der Waals surface area contributed by atoms with Gasteiger partial charge in [0.05, 0.1) is 23.3 Å². The standard InChI is InChI=1S/C19H20FN3O2/c1-19(25)7-9-23(10-8-19)18-21-11-14(12-22-18)5-6-15-3-2-4-16(13-24)17(15)20/h2-4,11-12,24-25H,7-10,13H2,1H3. The summed E-state index contributed by atoms with van der Waals surface area (Å²) in [7, 11) is 0. The van der Waals surface area contributed by atoms with Gasteiger partial charge in [-0.25, -0.2) is 14.4 Å². The van der Waals surface area contributed by atoms with Crippen LogP contribution in [0, 0.1) is 17.7 Å². The minimum Gasteiger partial charge on any atom is -0.392 e. The fourth-order valence-corrected chi connectivity index (χ4v) is 2.68. The zero-order valence-electron chi connectivity index (χ0n) is 14.0. The molecule has 1 aliphatic rings. The highest BCUT2D eigenvalue weighted by molar-refractivity contribution is 5.44. The lowest BCUT2D eigenvalue weighted by molar-refractivity contribution is 0.0349. The van der Waals surface area contributed by atoms with Gasteiger partial charge in [-0.15, -0.1) is 0 Å². The SMILES string of the molecule is CC1(O)CCN(c2ncc(C#Cc3cccc(CO)c3F)cn2)CC1. The number of hydrogen-bond acceptors (Lipinski definition) is 5. The average molecular weight is 341 g/mol. The van der Waals surface area contributed by atoms with Gasteiger partial charge < -0.3 is 15.1 Å². The minimum atomic E-state index is -0.616. The lowest BCUT2D eigenvalue weighted by Gasteiger charge is -2.35. The van der Waals surface area contributed by atoms with Crippen molar-refractivity contribution < 1.29 is 14.6 Å². The van der Waals surface area contributed by atoms with Crippen molar-refractivity contribution in [3.05, 3.63) is 53.1 Å². The van der Waals surface area contributed by atoms with Gasteiger partial charge in [0.1, 0.15) is 5.82 Å². The molecule has 3 rings (SSSR count). The Bertz CT molecular complexity index is 800. The summed E-state index contributed by atoms with van der Waals surface area (Å²) in [5.41, 5.74) is 0.421. The molecule has 0 unspecified atom stereocenters. The fourth-order valence-electron chi connectivity index (χ4n) is 2.68. The van der Waals surface area contributed by atoms with E-state index < -0.39 is 11.4 Å². The van der Waals surface area contributed by atoms with E-state index in [0.29, 0.717) is 37.4 Å². The molecule has 0 saturated carbocycles. The summed E-state index contributed by atoms with van der Waals surface area (Å²) in [6.07, 6.45) is 4.57. The van der Waals surface area contributed by atoms with Crippen molar-refractivity contribution in [2.45, 2.75) is 32.0 Å². The number of aliphatic hydroxyl groups excluding tert-OH is 1. The Morgan fingerprint density at radius 1 is 1.20 bits per heavy atom. The molecule has 1 fully saturated rings. The Hall–Kier alpha value is -2.49. The Kier molecular flexibility index (Phi) is 4.98. The third-order valence-electron chi connectivity index (χ3n) is 4.35. The lowest BCUT2D eigenvalue weighted by Crippen LogP contribution is -2.43. The smallest absolute Gasteiger partial charge is 0.225 e. The van der Waals surface area contributed by atoms with E-state index >= 15 is 0 Å². The van der Waals surface area contributed by atoms with Gasteiger partial charge in [0.15, 0.2) is 0 Å². The fraction of sp³-hybridized carbons (Fsp3) is 0.368. The van der Waals surface area contributed by atoms with Crippen LogP contribution in [0.3, 0.4) is 0 Å². The number of nitrogens with zero attached hydrogens (tertiary/aromatic N) is 3. The number of anilines is 1. The van der Waals surface area contributed by atoms with Gasteiger partial charge in [-0.2, -0.15) is 0 Å². The van der Waals surface area contributed by atoms with Crippen molar-refractivity contribution in [2.24, 2.45) is 0 Å². The second-order valence-electron chi connectivity index (χ2n) is 6.44. The summed E-state index contributed by atoms with van der Waals surface area (Å²) >= 11 is 0. The predicted molar refractivity (Wildman–Crippen MR) is 92.4 cm³/mol. The highest BCUT2D eigenvalue weighted by Crippen LogP contribution is 2.23. The molecule has 1 aromatic heterocycles. The normalized spacial score (nSPS) is 16.2. The zero-order chi connectivity index (χ0) is 17.9. The van der Waals surface area contributed by atoms with Crippen LogP contribution in [0.2, 0.25) is 0 Å². The largest absolute Gasteiger partial charge is 0.392 e. The van der Waals surface area contributed by atoms with Crippen LogP contribution < -0.4 is 4.90 Å². The van der Waals surface area contributed by atoms with E-state index in [1.807, 2.05) is 11.8 Å². The Morgan fingerprint density at radius 3 is 2.52 bits per heavy atom. The van der Waals surface area contributed by atoms with E-state index in [2.05, 4.69) is 21.8 Å². The Balaban J connectivity index is 1.72. The first kappa shape index (κ1) is 17.3. The maximum absolute atomic E-state index is 14.0. The van der Waals surface area contributed by atoms with Gasteiger partial charge >= 0.3 is 0 Å². The molecule has 1 aromatic carbocycles. The maximum atomic E-state index is 14.0. The van der Waals surface area contributed by atoms with Crippen LogP contribution in [0.5, 0.6) is 0 Å². The molecule has 130 valence electrons. The summed E-state index contributed by atoms with van der Waals surface area (Å²) in [5.74, 6) is 5.69. The number of piperidine rings is 1. The van der Waals surface area contributed by atoms with Gasteiger partial charge in [-0.3, -0.25) is 0 Å². The number of halogens is 1. The molecule has 0 aliphatic carbocycles. The molecule has 25 heavy (non-hydrogen) atoms. The van der Waals surface area contributed by atoms with Crippen LogP contribution in [0.1, 0.15) is 36.5 Å². The first-order valence-electron chi connectivity index (χ1n) is 8.18. The van der Waals surface area contributed by atoms with Gasteiger partial charge in [0.2, 0.25) is 5.95 Å². The number of benzene rings is 1. The molecule has 1 saturated heterocycles. The van der Waals surface area contributed by atoms with Gasteiger partial charge in [0, 0.05) is 31.0 Å². The quantitative estimate of drug-likeness (QED) is 0.816. The van der Waals surface area contributed by atoms with E-state index in [-0.39, 0.29) is 17.7 Å². The molecule has 0 amide bonds. The second kappa shape index (κ2) is 7.18. The molecular formula is C19H20FN3O2. The number of rotatable bonds is 2. The molecule has 0 spiro atoms. The molecule has 6 heteroatoms. The Morgan fingerprint density at radius 2 is 1.88 bits per heavy atom. The van der Waals surface area contributed by atoms with E-state index in [1.165, 1.54) is 6.07 Å². The number of aliphatic hydroxyl groups is 2. The van der Waals surface area contributed by atoms with Crippen LogP contribution in [0.25, 0.3) is 0 Å². The van der Waals surface area contributed by atoms with Crippen molar-refractivity contribution in [3.63, 3.8) is 0 Å². The van der Waals surface area contributed by atoms with E-state index in [1.54, 1.807) is 24.5 Å². The number of hydrogen-bond donors (Lipinski definition) is 2. The molecule has 1 aliphatic heterocycles. The molecule has 5 nitrogen and oxygen atoms in total. The van der Waals surface area contributed by atoms with Crippen molar-refractivity contribution in [1.29, 1.82) is 0 Å². The van der Waals surface area contributed by atoms with E-state index in [9.17, 15) is 9.50 Å². The number of aromatic nitrogens is 2. The van der Waals surface area contributed by atoms with Gasteiger partial charge in [-0.05, 0) is 25.8 Å². The summed E-state index contributed by atoms with van der Waals surface area (Å²) < 4.78 is 14.0. The lowest BCUT2D eigenvalue weighted by atomic mass is 9.94. The highest BCUT2D eigenvalue weighted by Gasteiger charge is 2.28. The summed E-state index contributed by atoms with van der Waals surface area (Å²) in [4.78, 5) is 10.7. The van der Waals surface area contributed by atoms with Crippen LogP contribution in [0.15, 0.2) is 30.6 Å². The average Bonchev–Trinajstić information content (AvgIpc) is 2.61. The Labute approximate surface area is 146 Å². The molecule has 0 bridgehead atoms. The topological polar surface area (TPSA) is 69.5 Å². The third kappa shape index (κ3) is 4.13.